The number of nitrogens with one attached hydrogen (secondary N) is 1. The Labute approximate surface area is 203 Å². The molecule has 2 heterocycles. The molecule has 0 radical (unpaired) electrons. The highest BCUT2D eigenvalue weighted by atomic mass is 31.2. The van der Waals surface area contributed by atoms with Crippen molar-refractivity contribution in [3.05, 3.63) is 53.1 Å². The van der Waals surface area contributed by atoms with Crippen LogP contribution in [0.4, 0.5) is 5.82 Å². The fraction of sp³-hybridized carbons (Fsp3) is 0.500. The molecule has 0 aliphatic carbocycles. The zero-order valence-electron chi connectivity index (χ0n) is 19.9. The third kappa shape index (κ3) is 7.87. The number of carbonyl (C=O) groups excluding carboxylic acids is 1. The molecular formula is C22H31N4O8P. The molecule has 0 saturated carbocycles. The Balaban J connectivity index is 1.65. The summed E-state index contributed by atoms with van der Waals surface area (Å²) in [5.74, 6) is -0.226. The van der Waals surface area contributed by atoms with Crippen molar-refractivity contribution in [1.29, 1.82) is 0 Å². The fourth-order valence-electron chi connectivity index (χ4n) is 3.25. The van der Waals surface area contributed by atoms with Gasteiger partial charge in [-0.3, -0.25) is 13.9 Å². The van der Waals surface area contributed by atoms with E-state index in [-0.39, 0.29) is 30.9 Å². The summed E-state index contributed by atoms with van der Waals surface area (Å²) in [5.41, 5.74) is 4.92. The van der Waals surface area contributed by atoms with Gasteiger partial charge < -0.3 is 24.5 Å². The number of hydrogen-bond acceptors (Lipinski definition) is 10. The Morgan fingerprint density at radius 3 is 2.74 bits per heavy atom. The summed E-state index contributed by atoms with van der Waals surface area (Å²) in [6.07, 6.45) is 1.01. The van der Waals surface area contributed by atoms with Crippen molar-refractivity contribution in [1.82, 2.24) is 14.6 Å². The van der Waals surface area contributed by atoms with Crippen LogP contribution in [0.5, 0.6) is 5.75 Å². The van der Waals surface area contributed by atoms with Crippen LogP contribution in [-0.2, 0) is 28.1 Å². The van der Waals surface area contributed by atoms with Gasteiger partial charge in [-0.25, -0.2) is 9.36 Å². The van der Waals surface area contributed by atoms with Crippen molar-refractivity contribution < 1.29 is 32.6 Å². The number of carbonyl (C=O) groups is 1. The first kappa shape index (κ1) is 26.8. The fourth-order valence-corrected chi connectivity index (χ4v) is 4.72. The number of hydrogen-bond donors (Lipinski definition) is 2. The molecule has 12 nitrogen and oxygen atoms in total. The lowest BCUT2D eigenvalue weighted by atomic mass is 10.2. The maximum atomic E-state index is 13.6. The molecule has 13 heteroatoms. The SMILES string of the molecule is CCC[C@@H](C)OC(=O)[C@H](C)NP(=O)(OC[C@H]1OC[C@@H](n2ccc(N)nc2=O)O1)Oc1ccccc1. The highest BCUT2D eigenvalue weighted by Gasteiger charge is 2.36. The zero-order valence-corrected chi connectivity index (χ0v) is 20.8. The first-order chi connectivity index (χ1) is 16.7. The Morgan fingerprint density at radius 2 is 2.06 bits per heavy atom. The molecule has 5 atom stereocenters. The minimum absolute atomic E-state index is 0.0366. The molecule has 0 amide bonds. The number of esters is 1. The van der Waals surface area contributed by atoms with E-state index in [1.807, 2.05) is 6.92 Å². The van der Waals surface area contributed by atoms with Gasteiger partial charge >= 0.3 is 19.4 Å². The van der Waals surface area contributed by atoms with E-state index in [9.17, 15) is 14.2 Å². The van der Waals surface area contributed by atoms with Gasteiger partial charge in [0.2, 0.25) is 0 Å². The number of anilines is 1. The van der Waals surface area contributed by atoms with Crippen molar-refractivity contribution in [3.8, 4) is 5.75 Å². The minimum atomic E-state index is -4.08. The summed E-state index contributed by atoms with van der Waals surface area (Å²) in [5, 5.41) is 2.62. The van der Waals surface area contributed by atoms with Gasteiger partial charge in [0.25, 0.3) is 0 Å². The van der Waals surface area contributed by atoms with Crippen LogP contribution in [-0.4, -0.2) is 47.2 Å². The highest BCUT2D eigenvalue weighted by molar-refractivity contribution is 7.52. The molecule has 0 spiro atoms. The number of nitrogen functional groups attached to an aromatic ring is 1. The lowest BCUT2D eigenvalue weighted by molar-refractivity contribution is -0.150. The number of rotatable bonds is 12. The van der Waals surface area contributed by atoms with Gasteiger partial charge in [-0.15, -0.1) is 0 Å². The second-order valence-electron chi connectivity index (χ2n) is 7.98. The van der Waals surface area contributed by atoms with Crippen molar-refractivity contribution >= 4 is 19.5 Å². The predicted octanol–water partition coefficient (Wildman–Crippen LogP) is 2.61. The van der Waals surface area contributed by atoms with E-state index in [0.717, 1.165) is 6.42 Å². The maximum absolute atomic E-state index is 13.6. The van der Waals surface area contributed by atoms with E-state index < -0.39 is 38.0 Å². The van der Waals surface area contributed by atoms with Gasteiger partial charge in [0.1, 0.15) is 24.2 Å². The first-order valence-corrected chi connectivity index (χ1v) is 12.8. The Morgan fingerprint density at radius 1 is 1.31 bits per heavy atom. The van der Waals surface area contributed by atoms with E-state index in [0.29, 0.717) is 6.42 Å². The zero-order chi connectivity index (χ0) is 25.4. The summed E-state index contributed by atoms with van der Waals surface area (Å²) in [7, 11) is -4.08. The standard InChI is InChI=1S/C22H31N4O8P/c1-4-8-15(2)32-21(27)16(3)25-35(29,34-17-9-6-5-7-10-17)31-14-20-30-13-19(33-20)26-12-11-18(23)24-22(26)28/h5-7,9-12,15-16,19-20H,4,8,13-14H2,1-3H3,(H,25,29)(H2,23,24,28)/t15-,16+,19+,20+,35?/m1/s1. The summed E-state index contributed by atoms with van der Waals surface area (Å²) in [6.45, 7) is 5.01. The number of aromatic nitrogens is 2. The average Bonchev–Trinajstić information content (AvgIpc) is 3.27. The van der Waals surface area contributed by atoms with E-state index in [2.05, 4.69) is 10.1 Å². The summed E-state index contributed by atoms with van der Waals surface area (Å²) in [4.78, 5) is 28.2. The van der Waals surface area contributed by atoms with Crippen LogP contribution in [0, 0.1) is 0 Å². The average molecular weight is 510 g/mol. The molecule has 35 heavy (non-hydrogen) atoms. The second-order valence-corrected chi connectivity index (χ2v) is 9.67. The van der Waals surface area contributed by atoms with Gasteiger partial charge in [-0.2, -0.15) is 10.1 Å². The van der Waals surface area contributed by atoms with Crippen molar-refractivity contribution in [2.45, 2.75) is 58.3 Å². The third-order valence-corrected chi connectivity index (χ3v) is 6.61. The lowest BCUT2D eigenvalue weighted by Crippen LogP contribution is -2.37. The number of para-hydroxylation sites is 1. The quantitative estimate of drug-likeness (QED) is 0.320. The second kappa shape index (κ2) is 12.3. The van der Waals surface area contributed by atoms with Gasteiger partial charge in [-0.1, -0.05) is 31.5 Å². The third-order valence-electron chi connectivity index (χ3n) is 4.96. The van der Waals surface area contributed by atoms with Crippen LogP contribution in [0.1, 0.15) is 39.8 Å². The van der Waals surface area contributed by atoms with Crippen LogP contribution < -0.4 is 21.0 Å². The van der Waals surface area contributed by atoms with E-state index in [4.69, 9.17) is 29.0 Å². The summed E-state index contributed by atoms with van der Waals surface area (Å²) >= 11 is 0. The maximum Gasteiger partial charge on any atom is 0.459 e. The molecule has 1 aliphatic heterocycles. The minimum Gasteiger partial charge on any atom is -0.462 e. The molecule has 1 fully saturated rings. The molecule has 0 bridgehead atoms. The van der Waals surface area contributed by atoms with Crippen molar-refractivity contribution in [2.24, 2.45) is 0 Å². The van der Waals surface area contributed by atoms with Crippen LogP contribution >= 0.6 is 7.75 Å². The van der Waals surface area contributed by atoms with Crippen LogP contribution in [0.2, 0.25) is 0 Å². The monoisotopic (exact) mass is 510 g/mol. The van der Waals surface area contributed by atoms with Crippen LogP contribution in [0.3, 0.4) is 0 Å². The molecule has 1 aromatic heterocycles. The highest BCUT2D eigenvalue weighted by Crippen LogP contribution is 2.45. The smallest absolute Gasteiger partial charge is 0.459 e. The molecule has 1 unspecified atom stereocenters. The van der Waals surface area contributed by atoms with Gasteiger partial charge in [0.05, 0.1) is 12.7 Å². The number of ether oxygens (including phenoxy) is 3. The number of nitrogens with zero attached hydrogens (tertiary/aromatic N) is 2. The van der Waals surface area contributed by atoms with Gasteiger partial charge in [0, 0.05) is 6.20 Å². The predicted molar refractivity (Wildman–Crippen MR) is 126 cm³/mol. The lowest BCUT2D eigenvalue weighted by Gasteiger charge is -2.24. The summed E-state index contributed by atoms with van der Waals surface area (Å²) in [6, 6.07) is 8.86. The topological polar surface area (TPSA) is 153 Å². The molecule has 3 N–H and O–H groups in total. The molecule has 1 aromatic carbocycles. The van der Waals surface area contributed by atoms with Crippen LogP contribution in [0.15, 0.2) is 47.4 Å². The van der Waals surface area contributed by atoms with E-state index in [1.54, 1.807) is 37.3 Å². The van der Waals surface area contributed by atoms with Crippen molar-refractivity contribution in [2.75, 3.05) is 18.9 Å². The molecule has 192 valence electrons. The Kier molecular flexibility index (Phi) is 9.41. The molecule has 2 aromatic rings. The van der Waals surface area contributed by atoms with E-state index >= 15 is 0 Å². The first-order valence-electron chi connectivity index (χ1n) is 11.3. The normalized spacial score (nSPS) is 21.1. The molecule has 1 aliphatic rings. The molecule has 1 saturated heterocycles. The largest absolute Gasteiger partial charge is 0.462 e. The van der Waals surface area contributed by atoms with Gasteiger partial charge in [0.15, 0.2) is 12.5 Å². The van der Waals surface area contributed by atoms with E-state index in [1.165, 1.54) is 23.8 Å². The van der Waals surface area contributed by atoms with Gasteiger partial charge in [-0.05, 0) is 38.5 Å². The summed E-state index contributed by atoms with van der Waals surface area (Å²) < 4.78 is 42.5. The Bertz CT molecular complexity index is 1080. The van der Waals surface area contributed by atoms with Crippen molar-refractivity contribution in [3.63, 3.8) is 0 Å². The van der Waals surface area contributed by atoms with Crippen LogP contribution in [0.25, 0.3) is 0 Å². The molecular weight excluding hydrogens is 479 g/mol. The number of nitrogens with two attached hydrogens (primary N) is 1. The molecule has 3 rings (SSSR count). The Hall–Kier alpha value is -2.76. The number of benzene rings is 1.